The molecule has 0 unspecified atom stereocenters. The van der Waals surface area contributed by atoms with E-state index in [0.29, 0.717) is 11.5 Å². The lowest BCUT2D eigenvalue weighted by atomic mass is 10.1. The summed E-state index contributed by atoms with van der Waals surface area (Å²) in [6, 6.07) is 19.1. The average Bonchev–Trinajstić information content (AvgIpc) is 3.27. The number of rotatable bonds is 8. The number of esters is 2. The lowest BCUT2D eigenvalue weighted by molar-refractivity contribution is -0.129. The molecule has 0 aliphatic carbocycles. The van der Waals surface area contributed by atoms with Crippen molar-refractivity contribution in [1.29, 1.82) is 0 Å². The van der Waals surface area contributed by atoms with Gasteiger partial charge < -0.3 is 9.47 Å². The van der Waals surface area contributed by atoms with Crippen LogP contribution >= 0.6 is 11.3 Å². The van der Waals surface area contributed by atoms with Crippen LogP contribution in [0.2, 0.25) is 0 Å². The van der Waals surface area contributed by atoms with Crippen molar-refractivity contribution in [3.05, 3.63) is 85.0 Å². The van der Waals surface area contributed by atoms with Gasteiger partial charge in [0.15, 0.2) is 0 Å². The summed E-state index contributed by atoms with van der Waals surface area (Å²) < 4.78 is 10.6. The van der Waals surface area contributed by atoms with Crippen LogP contribution in [0.1, 0.15) is 26.7 Å². The molecular formula is C26H24O4S. The average molecular weight is 433 g/mol. The summed E-state index contributed by atoms with van der Waals surface area (Å²) in [5.74, 6) is 0.294. The fraction of sp³-hybridized carbons (Fsp3) is 0.154. The van der Waals surface area contributed by atoms with E-state index in [9.17, 15) is 9.59 Å². The molecule has 0 saturated carbocycles. The van der Waals surface area contributed by atoms with Gasteiger partial charge in [-0.2, -0.15) is 0 Å². The van der Waals surface area contributed by atoms with Crippen LogP contribution in [0.5, 0.6) is 11.5 Å². The number of benzene rings is 2. The highest BCUT2D eigenvalue weighted by atomic mass is 32.1. The van der Waals surface area contributed by atoms with Gasteiger partial charge in [-0.15, -0.1) is 11.3 Å². The third kappa shape index (κ3) is 6.52. The molecule has 0 aliphatic rings. The molecule has 3 aromatic rings. The molecule has 0 N–H and O–H groups in total. The van der Waals surface area contributed by atoms with Gasteiger partial charge in [-0.3, -0.25) is 0 Å². The largest absolute Gasteiger partial charge is 0.423 e. The topological polar surface area (TPSA) is 52.6 Å². The van der Waals surface area contributed by atoms with Gasteiger partial charge in [-0.1, -0.05) is 26.0 Å². The van der Waals surface area contributed by atoms with Crippen molar-refractivity contribution in [2.45, 2.75) is 26.7 Å². The number of carbonyl (C=O) groups is 2. The summed E-state index contributed by atoms with van der Waals surface area (Å²) in [5.41, 5.74) is 2.10. The number of ether oxygens (including phenoxy) is 2. The van der Waals surface area contributed by atoms with Crippen LogP contribution in [0.25, 0.3) is 20.9 Å². The fourth-order valence-corrected chi connectivity index (χ4v) is 3.77. The predicted octanol–water partition coefficient (Wildman–Crippen LogP) is 6.83. The van der Waals surface area contributed by atoms with Crippen LogP contribution in [-0.4, -0.2) is 11.9 Å². The van der Waals surface area contributed by atoms with Gasteiger partial charge in [-0.25, -0.2) is 9.59 Å². The normalized spacial score (nSPS) is 11.2. The van der Waals surface area contributed by atoms with E-state index < -0.39 is 0 Å². The Balaban J connectivity index is 1.66. The Hall–Kier alpha value is -3.44. The van der Waals surface area contributed by atoms with Crippen LogP contribution in [0.4, 0.5) is 0 Å². The molecule has 31 heavy (non-hydrogen) atoms. The first-order valence-corrected chi connectivity index (χ1v) is 11.0. The standard InChI is InChI=1S/C26H24O4S/c1-3-5-7-25(27)29-21-13-9-19(10-14-21)23-17-18-24(31-23)20-11-15-22(16-12-20)30-26(28)8-6-4-2/h5-18H,3-4H2,1-2H3. The first kappa shape index (κ1) is 22.2. The molecule has 4 nitrogen and oxygen atoms in total. The maximum Gasteiger partial charge on any atom is 0.335 e. The quantitative estimate of drug-likeness (QED) is 0.222. The fourth-order valence-electron chi connectivity index (χ4n) is 2.75. The molecule has 1 aromatic heterocycles. The maximum atomic E-state index is 11.7. The molecule has 158 valence electrons. The summed E-state index contributed by atoms with van der Waals surface area (Å²) >= 11 is 1.66. The highest BCUT2D eigenvalue weighted by Crippen LogP contribution is 2.35. The second kappa shape index (κ2) is 11.1. The monoisotopic (exact) mass is 432 g/mol. The molecule has 0 atom stereocenters. The molecule has 0 saturated heterocycles. The zero-order valence-electron chi connectivity index (χ0n) is 17.5. The van der Waals surface area contributed by atoms with E-state index in [1.54, 1.807) is 47.8 Å². The molecule has 0 amide bonds. The Morgan fingerprint density at radius 3 is 1.42 bits per heavy atom. The van der Waals surface area contributed by atoms with Gasteiger partial charge in [0.2, 0.25) is 0 Å². The minimum atomic E-state index is -0.372. The number of allylic oxidation sites excluding steroid dienone is 2. The van der Waals surface area contributed by atoms with Crippen molar-refractivity contribution < 1.29 is 19.1 Å². The molecule has 2 aromatic carbocycles. The molecule has 1 heterocycles. The van der Waals surface area contributed by atoms with E-state index in [2.05, 4.69) is 12.1 Å². The minimum Gasteiger partial charge on any atom is -0.423 e. The van der Waals surface area contributed by atoms with E-state index in [-0.39, 0.29) is 11.9 Å². The summed E-state index contributed by atoms with van der Waals surface area (Å²) in [6.45, 7) is 3.92. The van der Waals surface area contributed by atoms with Crippen LogP contribution < -0.4 is 9.47 Å². The molecule has 0 bridgehead atoms. The molecular weight excluding hydrogens is 408 g/mol. The van der Waals surface area contributed by atoms with Crippen molar-refractivity contribution in [3.63, 3.8) is 0 Å². The Kier molecular flexibility index (Phi) is 7.96. The number of carbonyl (C=O) groups excluding carboxylic acids is 2. The van der Waals surface area contributed by atoms with Gasteiger partial charge >= 0.3 is 11.9 Å². The lowest BCUT2D eigenvalue weighted by Gasteiger charge is -2.03. The smallest absolute Gasteiger partial charge is 0.335 e. The van der Waals surface area contributed by atoms with Crippen molar-refractivity contribution in [1.82, 2.24) is 0 Å². The molecule has 0 spiro atoms. The van der Waals surface area contributed by atoms with Crippen molar-refractivity contribution >= 4 is 23.3 Å². The zero-order valence-corrected chi connectivity index (χ0v) is 18.4. The Labute approximate surface area is 186 Å². The van der Waals surface area contributed by atoms with Gasteiger partial charge in [-0.05, 0) is 84.6 Å². The third-order valence-corrected chi connectivity index (χ3v) is 5.48. The van der Waals surface area contributed by atoms with Crippen LogP contribution in [-0.2, 0) is 9.59 Å². The SMILES string of the molecule is CCC=CC(=O)Oc1ccc(-c2ccc(-c3ccc(OC(=O)C=CCC)cc3)s2)cc1. The highest BCUT2D eigenvalue weighted by molar-refractivity contribution is 7.18. The van der Waals surface area contributed by atoms with Crippen molar-refractivity contribution in [2.24, 2.45) is 0 Å². The lowest BCUT2D eigenvalue weighted by Crippen LogP contribution is -2.03. The zero-order chi connectivity index (χ0) is 22.1. The Bertz CT molecular complexity index is 987. The van der Waals surface area contributed by atoms with Crippen LogP contribution in [0.15, 0.2) is 85.0 Å². The van der Waals surface area contributed by atoms with Crippen molar-refractivity contribution in [3.8, 4) is 32.4 Å². The summed E-state index contributed by atoms with van der Waals surface area (Å²) in [4.78, 5) is 25.6. The maximum absolute atomic E-state index is 11.7. The van der Waals surface area contributed by atoms with E-state index in [4.69, 9.17) is 9.47 Å². The minimum absolute atomic E-state index is 0.372. The van der Waals surface area contributed by atoms with Gasteiger partial charge in [0.05, 0.1) is 0 Å². The number of hydrogen-bond donors (Lipinski definition) is 0. The second-order valence-corrected chi connectivity index (χ2v) is 7.76. The highest BCUT2D eigenvalue weighted by Gasteiger charge is 2.08. The van der Waals surface area contributed by atoms with Crippen LogP contribution in [0, 0.1) is 0 Å². The summed E-state index contributed by atoms with van der Waals surface area (Å²) in [5, 5.41) is 0. The number of hydrogen-bond acceptors (Lipinski definition) is 5. The van der Waals surface area contributed by atoms with Gasteiger partial charge in [0.1, 0.15) is 11.5 Å². The number of thiophene rings is 1. The van der Waals surface area contributed by atoms with Crippen molar-refractivity contribution in [2.75, 3.05) is 0 Å². The van der Waals surface area contributed by atoms with E-state index in [1.807, 2.05) is 38.1 Å². The predicted molar refractivity (Wildman–Crippen MR) is 125 cm³/mol. The third-order valence-electron chi connectivity index (χ3n) is 4.30. The second-order valence-electron chi connectivity index (χ2n) is 6.68. The first-order chi connectivity index (χ1) is 15.1. The summed E-state index contributed by atoms with van der Waals surface area (Å²) in [6.07, 6.45) is 7.99. The van der Waals surface area contributed by atoms with E-state index in [1.165, 1.54) is 12.2 Å². The molecule has 3 rings (SSSR count). The molecule has 0 radical (unpaired) electrons. The van der Waals surface area contributed by atoms with E-state index >= 15 is 0 Å². The first-order valence-electron chi connectivity index (χ1n) is 10.2. The Morgan fingerprint density at radius 1 is 0.677 bits per heavy atom. The van der Waals surface area contributed by atoms with Gasteiger partial charge in [0, 0.05) is 21.9 Å². The van der Waals surface area contributed by atoms with E-state index in [0.717, 1.165) is 33.7 Å². The van der Waals surface area contributed by atoms with Gasteiger partial charge in [0.25, 0.3) is 0 Å². The molecule has 5 heteroatoms. The Morgan fingerprint density at radius 2 is 1.06 bits per heavy atom. The molecule has 0 aliphatic heterocycles. The molecule has 0 fully saturated rings. The summed E-state index contributed by atoms with van der Waals surface area (Å²) in [7, 11) is 0. The van der Waals surface area contributed by atoms with Crippen LogP contribution in [0.3, 0.4) is 0 Å².